The molecule has 0 bridgehead atoms. The summed E-state index contributed by atoms with van der Waals surface area (Å²) in [5.74, 6) is 0.701. The molecule has 1 aliphatic rings. The molecule has 0 aliphatic carbocycles. The van der Waals surface area contributed by atoms with Crippen LogP contribution in [0.2, 0.25) is 0 Å². The molecule has 4 nitrogen and oxygen atoms in total. The molecule has 0 radical (unpaired) electrons. The molecule has 1 atom stereocenters. The monoisotopic (exact) mass is 320 g/mol. The van der Waals surface area contributed by atoms with Gasteiger partial charge in [0, 0.05) is 23.4 Å². The van der Waals surface area contributed by atoms with Crippen molar-refractivity contribution in [3.8, 4) is 0 Å². The minimum atomic E-state index is 0.701. The molecule has 2 aromatic heterocycles. The Kier molecular flexibility index (Phi) is 3.94. The molecule has 1 saturated heterocycles. The van der Waals surface area contributed by atoms with E-state index in [1.54, 1.807) is 0 Å². The Balaban J connectivity index is 1.76. The van der Waals surface area contributed by atoms with Crippen LogP contribution in [0.4, 0.5) is 5.69 Å². The van der Waals surface area contributed by atoms with Crippen LogP contribution >= 0.6 is 15.9 Å². The molecule has 1 aliphatic heterocycles. The summed E-state index contributed by atoms with van der Waals surface area (Å²) in [4.78, 5) is 8.81. The van der Waals surface area contributed by atoms with Crippen LogP contribution in [0.3, 0.4) is 0 Å². The van der Waals surface area contributed by atoms with E-state index in [9.17, 15) is 0 Å². The van der Waals surface area contributed by atoms with Gasteiger partial charge in [-0.1, -0.05) is 0 Å². The van der Waals surface area contributed by atoms with Gasteiger partial charge in [-0.2, -0.15) is 0 Å². The predicted molar refractivity (Wildman–Crippen MR) is 81.3 cm³/mol. The fourth-order valence-electron chi connectivity index (χ4n) is 2.50. The van der Waals surface area contributed by atoms with Gasteiger partial charge in [0.25, 0.3) is 0 Å². The van der Waals surface area contributed by atoms with Gasteiger partial charge in [-0.3, -0.25) is 9.97 Å². The lowest BCUT2D eigenvalue weighted by Gasteiger charge is -2.23. The highest BCUT2D eigenvalue weighted by Gasteiger charge is 2.13. The van der Waals surface area contributed by atoms with Gasteiger partial charge in [-0.15, -0.1) is 0 Å². The summed E-state index contributed by atoms with van der Waals surface area (Å²) < 4.78 is 0.959. The third-order valence-electron chi connectivity index (χ3n) is 3.52. The first-order valence-electron chi connectivity index (χ1n) is 6.68. The fourth-order valence-corrected chi connectivity index (χ4v) is 2.82. The Labute approximate surface area is 121 Å². The molecule has 19 heavy (non-hydrogen) atoms. The standard InChI is InChI=1S/C14H17BrN4/c15-11-6-13-14(19-9-11)12(3-5-17-13)18-8-10-2-1-4-16-7-10/h3,5-6,9-10,16H,1-2,4,7-8H2,(H,17,18). The van der Waals surface area contributed by atoms with Gasteiger partial charge >= 0.3 is 0 Å². The molecule has 0 amide bonds. The van der Waals surface area contributed by atoms with Crippen LogP contribution in [0.15, 0.2) is 29.0 Å². The van der Waals surface area contributed by atoms with E-state index in [-0.39, 0.29) is 0 Å². The SMILES string of the molecule is Brc1cnc2c(NCC3CCCNC3)ccnc2c1. The summed E-state index contributed by atoms with van der Waals surface area (Å²) in [6, 6.07) is 4.00. The van der Waals surface area contributed by atoms with Crippen molar-refractivity contribution < 1.29 is 0 Å². The first-order chi connectivity index (χ1) is 9.33. The third-order valence-corrected chi connectivity index (χ3v) is 3.96. The lowest BCUT2D eigenvalue weighted by molar-refractivity contribution is 0.393. The highest BCUT2D eigenvalue weighted by molar-refractivity contribution is 9.10. The van der Waals surface area contributed by atoms with Gasteiger partial charge in [0.2, 0.25) is 0 Å². The van der Waals surface area contributed by atoms with Crippen molar-refractivity contribution >= 4 is 32.7 Å². The Morgan fingerprint density at radius 1 is 1.42 bits per heavy atom. The van der Waals surface area contributed by atoms with E-state index in [1.807, 2.05) is 24.5 Å². The van der Waals surface area contributed by atoms with E-state index in [0.29, 0.717) is 5.92 Å². The number of hydrogen-bond acceptors (Lipinski definition) is 4. The van der Waals surface area contributed by atoms with Crippen LogP contribution in [0.25, 0.3) is 11.0 Å². The lowest BCUT2D eigenvalue weighted by atomic mass is 10.00. The number of pyridine rings is 2. The second-order valence-corrected chi connectivity index (χ2v) is 5.89. The zero-order valence-corrected chi connectivity index (χ0v) is 12.3. The summed E-state index contributed by atoms with van der Waals surface area (Å²) in [5.41, 5.74) is 2.93. The molecule has 100 valence electrons. The van der Waals surface area contributed by atoms with Gasteiger partial charge in [0.15, 0.2) is 0 Å². The number of hydrogen-bond donors (Lipinski definition) is 2. The number of nitrogens with one attached hydrogen (secondary N) is 2. The molecule has 1 unspecified atom stereocenters. The number of rotatable bonds is 3. The quantitative estimate of drug-likeness (QED) is 0.913. The Bertz CT molecular complexity index is 566. The summed E-state index contributed by atoms with van der Waals surface area (Å²) in [6.07, 6.45) is 6.21. The lowest BCUT2D eigenvalue weighted by Crippen LogP contribution is -2.33. The van der Waals surface area contributed by atoms with E-state index in [4.69, 9.17) is 0 Å². The molecule has 2 N–H and O–H groups in total. The first kappa shape index (κ1) is 12.8. The maximum absolute atomic E-state index is 4.46. The first-order valence-corrected chi connectivity index (χ1v) is 7.47. The number of fused-ring (bicyclic) bond motifs is 1. The highest BCUT2D eigenvalue weighted by Crippen LogP contribution is 2.22. The van der Waals surface area contributed by atoms with Crippen molar-refractivity contribution in [2.75, 3.05) is 25.0 Å². The van der Waals surface area contributed by atoms with Gasteiger partial charge in [-0.25, -0.2) is 0 Å². The summed E-state index contributed by atoms with van der Waals surface area (Å²) >= 11 is 3.43. The zero-order valence-electron chi connectivity index (χ0n) is 10.7. The van der Waals surface area contributed by atoms with Gasteiger partial charge in [0.05, 0.1) is 11.2 Å². The highest BCUT2D eigenvalue weighted by atomic mass is 79.9. The molecular formula is C14H17BrN4. The number of anilines is 1. The van der Waals surface area contributed by atoms with E-state index in [1.165, 1.54) is 12.8 Å². The maximum Gasteiger partial charge on any atom is 0.112 e. The third kappa shape index (κ3) is 3.04. The van der Waals surface area contributed by atoms with Crippen molar-refractivity contribution in [2.45, 2.75) is 12.8 Å². The summed E-state index contributed by atoms with van der Waals surface area (Å²) in [6.45, 7) is 3.25. The van der Waals surface area contributed by atoms with Crippen molar-refractivity contribution in [1.29, 1.82) is 0 Å². The molecule has 3 rings (SSSR count). The average Bonchev–Trinajstić information content (AvgIpc) is 2.45. The Morgan fingerprint density at radius 3 is 3.21 bits per heavy atom. The zero-order chi connectivity index (χ0) is 13.1. The van der Waals surface area contributed by atoms with E-state index in [2.05, 4.69) is 36.5 Å². The van der Waals surface area contributed by atoms with E-state index < -0.39 is 0 Å². The molecule has 3 heterocycles. The summed E-state index contributed by atoms with van der Waals surface area (Å²) in [5, 5.41) is 6.96. The maximum atomic E-state index is 4.46. The van der Waals surface area contributed by atoms with Crippen LogP contribution < -0.4 is 10.6 Å². The minimum Gasteiger partial charge on any atom is -0.383 e. The molecule has 0 spiro atoms. The van der Waals surface area contributed by atoms with Gasteiger partial charge in [0.1, 0.15) is 5.52 Å². The van der Waals surface area contributed by atoms with Crippen molar-refractivity contribution in [1.82, 2.24) is 15.3 Å². The minimum absolute atomic E-state index is 0.701. The van der Waals surface area contributed by atoms with E-state index in [0.717, 1.165) is 40.8 Å². The van der Waals surface area contributed by atoms with Crippen molar-refractivity contribution in [2.24, 2.45) is 5.92 Å². The number of piperidine rings is 1. The summed E-state index contributed by atoms with van der Waals surface area (Å²) in [7, 11) is 0. The van der Waals surface area contributed by atoms with Crippen LogP contribution in [-0.4, -0.2) is 29.6 Å². The van der Waals surface area contributed by atoms with E-state index >= 15 is 0 Å². The predicted octanol–water partition coefficient (Wildman–Crippen LogP) is 2.80. The number of nitrogens with zero attached hydrogens (tertiary/aromatic N) is 2. The second-order valence-electron chi connectivity index (χ2n) is 4.97. The van der Waals surface area contributed by atoms with Crippen LogP contribution in [0.5, 0.6) is 0 Å². The molecule has 2 aromatic rings. The molecule has 0 aromatic carbocycles. The Hall–Kier alpha value is -1.20. The fraction of sp³-hybridized carbons (Fsp3) is 0.429. The second kappa shape index (κ2) is 5.84. The molecule has 5 heteroatoms. The number of aromatic nitrogens is 2. The topological polar surface area (TPSA) is 49.8 Å². The average molecular weight is 321 g/mol. The van der Waals surface area contributed by atoms with Crippen LogP contribution in [0, 0.1) is 5.92 Å². The van der Waals surface area contributed by atoms with Crippen molar-refractivity contribution in [3.05, 3.63) is 29.0 Å². The van der Waals surface area contributed by atoms with Gasteiger partial charge < -0.3 is 10.6 Å². The van der Waals surface area contributed by atoms with Crippen LogP contribution in [-0.2, 0) is 0 Å². The van der Waals surface area contributed by atoms with Crippen molar-refractivity contribution in [3.63, 3.8) is 0 Å². The van der Waals surface area contributed by atoms with Crippen LogP contribution in [0.1, 0.15) is 12.8 Å². The normalized spacial score (nSPS) is 19.5. The molecule has 1 fully saturated rings. The molecule has 0 saturated carbocycles. The number of halogens is 1. The van der Waals surface area contributed by atoms with Gasteiger partial charge in [-0.05, 0) is 59.9 Å². The largest absolute Gasteiger partial charge is 0.383 e. The molecular weight excluding hydrogens is 304 g/mol. The Morgan fingerprint density at radius 2 is 2.37 bits per heavy atom. The smallest absolute Gasteiger partial charge is 0.112 e.